The number of nitrogens with zero attached hydrogens (tertiary/aromatic N) is 4. The number of hydrogen-bond donors (Lipinski definition) is 1. The van der Waals surface area contributed by atoms with Gasteiger partial charge in [-0.15, -0.1) is 0 Å². The molecule has 10 nitrogen and oxygen atoms in total. The van der Waals surface area contributed by atoms with Crippen molar-refractivity contribution < 1.29 is 24.2 Å². The van der Waals surface area contributed by atoms with E-state index in [1.807, 2.05) is 18.7 Å². The molecule has 2 aromatic rings. The maximum Gasteiger partial charge on any atom is 0.309 e. The van der Waals surface area contributed by atoms with Crippen LogP contribution in [0.3, 0.4) is 0 Å². The average Bonchev–Trinajstić information content (AvgIpc) is 3.54. The molecule has 5 aliphatic rings. The van der Waals surface area contributed by atoms with Crippen molar-refractivity contribution in [2.75, 3.05) is 0 Å². The predicted molar refractivity (Wildman–Crippen MR) is 213 cm³/mol. The van der Waals surface area contributed by atoms with Gasteiger partial charge in [0.05, 0.1) is 23.1 Å². The number of ether oxygens (including phenoxy) is 1. The van der Waals surface area contributed by atoms with Gasteiger partial charge in [-0.2, -0.15) is 9.94 Å². The maximum atomic E-state index is 14.4. The number of esters is 1. The van der Waals surface area contributed by atoms with Gasteiger partial charge in [0.15, 0.2) is 11.6 Å². The van der Waals surface area contributed by atoms with Crippen molar-refractivity contribution in [2.45, 2.75) is 145 Å². The first kappa shape index (κ1) is 40.2. The van der Waals surface area contributed by atoms with Gasteiger partial charge in [-0.3, -0.25) is 23.9 Å². The number of carbonyl (C=O) groups excluding carboxylic acids is 2. The van der Waals surface area contributed by atoms with E-state index in [-0.39, 0.29) is 57.4 Å². The highest BCUT2D eigenvalue weighted by Gasteiger charge is 2.70. The minimum atomic E-state index is -1.18. The summed E-state index contributed by atoms with van der Waals surface area (Å²) in [5.41, 5.74) is 1.99. The third-order valence-corrected chi connectivity index (χ3v) is 16.8. The van der Waals surface area contributed by atoms with Gasteiger partial charge >= 0.3 is 11.9 Å². The Bertz CT molecular complexity index is 2130. The van der Waals surface area contributed by atoms with Gasteiger partial charge in [0.1, 0.15) is 12.2 Å². The van der Waals surface area contributed by atoms with Crippen LogP contribution in [0.2, 0.25) is 0 Å². The second-order valence-electron chi connectivity index (χ2n) is 20.6. The molecular formula is C46H62N4O6. The molecule has 302 valence electrons. The van der Waals surface area contributed by atoms with Crippen LogP contribution in [-0.2, 0) is 31.6 Å². The average molecular weight is 767 g/mol. The summed E-state index contributed by atoms with van der Waals surface area (Å²) in [6, 6.07) is 5.51. The molecule has 8 atom stereocenters. The minimum Gasteiger partial charge on any atom is -0.481 e. The number of carboxylic acid groups (broad SMARTS) is 1. The highest BCUT2D eigenvalue weighted by atomic mass is 16.5. The first-order valence-electron chi connectivity index (χ1n) is 20.9. The Morgan fingerprint density at radius 1 is 1.00 bits per heavy atom. The van der Waals surface area contributed by atoms with Crippen molar-refractivity contribution >= 4 is 17.7 Å². The summed E-state index contributed by atoms with van der Waals surface area (Å²) in [7, 11) is 1.92. The SMILES string of the molecule is Cc1c([C@@]23CC[C@]4(C)[C@H](CC[C@@H]5[C@@]6(C)CC[C@H](OC(=O)CC(C)(C)C(=O)O)C(C)(C)[C@@H]6CC[C@]54C)C2=C(C(C)C)C(=O)C3)n(C)n(-c2ccc(C#N)cn2)c1=O. The van der Waals surface area contributed by atoms with E-state index in [2.05, 4.69) is 59.5 Å². The van der Waals surface area contributed by atoms with Gasteiger partial charge in [-0.25, -0.2) is 4.98 Å². The van der Waals surface area contributed by atoms with Crippen molar-refractivity contribution in [1.29, 1.82) is 5.26 Å². The van der Waals surface area contributed by atoms with E-state index in [9.17, 15) is 29.5 Å². The van der Waals surface area contributed by atoms with Crippen molar-refractivity contribution in [3.63, 3.8) is 0 Å². The fourth-order valence-corrected chi connectivity index (χ4v) is 14.0. The number of rotatable bonds is 7. The predicted octanol–water partition coefficient (Wildman–Crippen LogP) is 8.40. The first-order valence-corrected chi connectivity index (χ1v) is 20.9. The van der Waals surface area contributed by atoms with Gasteiger partial charge in [-0.05, 0) is 135 Å². The number of pyridine rings is 1. The number of allylic oxidation sites excluding steroid dienone is 2. The van der Waals surface area contributed by atoms with E-state index < -0.39 is 22.8 Å². The summed E-state index contributed by atoms with van der Waals surface area (Å²) >= 11 is 0. The number of ketones is 1. The van der Waals surface area contributed by atoms with Crippen LogP contribution in [0.5, 0.6) is 0 Å². The third kappa shape index (κ3) is 5.41. The maximum absolute atomic E-state index is 14.4. The van der Waals surface area contributed by atoms with Gasteiger partial charge in [-0.1, -0.05) is 48.5 Å². The van der Waals surface area contributed by atoms with Gasteiger partial charge in [0.2, 0.25) is 0 Å². The monoisotopic (exact) mass is 766 g/mol. The molecule has 1 N–H and O–H groups in total. The molecule has 5 aliphatic carbocycles. The molecule has 0 aromatic carbocycles. The standard InChI is InChI=1S/C46H62N4O6/c1-26(2)36-30(51)22-46(38-27(3)39(53)50(49(38)11)34-15-12-28(24-47)25-48-34)21-20-44(9)29(37(36)46)13-14-32-43(8)18-17-33(56-35(52)23-41(4,5)40(54)55)42(6,7)31(43)16-19-45(32,44)10/h12,15,25-26,29,31-33H,13-14,16-23H2,1-11H3,(H,54,55)/t29-,31+,32-,33+,43+,44-,45-,46-/m1/s1. The van der Waals surface area contributed by atoms with Gasteiger partial charge < -0.3 is 9.84 Å². The van der Waals surface area contributed by atoms with E-state index in [4.69, 9.17) is 4.74 Å². The largest absolute Gasteiger partial charge is 0.481 e. The molecule has 0 radical (unpaired) electrons. The lowest BCUT2D eigenvalue weighted by Crippen LogP contribution is -2.66. The van der Waals surface area contributed by atoms with E-state index in [1.165, 1.54) is 11.8 Å². The molecule has 56 heavy (non-hydrogen) atoms. The van der Waals surface area contributed by atoms with Gasteiger partial charge in [0, 0.05) is 36.1 Å². The van der Waals surface area contributed by atoms with Crippen LogP contribution in [-0.4, -0.2) is 43.3 Å². The smallest absolute Gasteiger partial charge is 0.309 e. The van der Waals surface area contributed by atoms with Crippen LogP contribution >= 0.6 is 0 Å². The summed E-state index contributed by atoms with van der Waals surface area (Å²) in [6.45, 7) is 21.4. The van der Waals surface area contributed by atoms with Crippen LogP contribution in [0.1, 0.15) is 143 Å². The molecule has 0 spiro atoms. The summed E-state index contributed by atoms with van der Waals surface area (Å²) < 4.78 is 9.73. The Hall–Kier alpha value is -4.00. The van der Waals surface area contributed by atoms with E-state index in [0.29, 0.717) is 35.2 Å². The molecule has 0 unspecified atom stereocenters. The topological polar surface area (TPSA) is 144 Å². The Balaban J connectivity index is 1.26. The van der Waals surface area contributed by atoms with Crippen LogP contribution in [0.25, 0.3) is 5.82 Å². The Morgan fingerprint density at radius 3 is 2.30 bits per heavy atom. The molecule has 2 aromatic heterocycles. The summed E-state index contributed by atoms with van der Waals surface area (Å²) in [5, 5.41) is 19.0. The Kier molecular flexibility index (Phi) is 9.34. The summed E-state index contributed by atoms with van der Waals surface area (Å²) in [5.74, 6) is 0.249. The lowest BCUT2D eigenvalue weighted by Gasteiger charge is -2.72. The zero-order valence-electron chi connectivity index (χ0n) is 35.5. The molecule has 0 bridgehead atoms. The zero-order chi connectivity index (χ0) is 41.1. The molecule has 10 heteroatoms. The fraction of sp³-hybridized carbons (Fsp3) is 0.696. The Labute approximate surface area is 332 Å². The molecule has 0 amide bonds. The third-order valence-electron chi connectivity index (χ3n) is 16.8. The van der Waals surface area contributed by atoms with Crippen LogP contribution in [0.4, 0.5) is 0 Å². The molecule has 4 fully saturated rings. The molecule has 7 rings (SSSR count). The highest BCUT2D eigenvalue weighted by Crippen LogP contribution is 2.77. The van der Waals surface area contributed by atoms with Crippen molar-refractivity contribution in [3.8, 4) is 11.9 Å². The number of carboxylic acids is 1. The van der Waals surface area contributed by atoms with E-state index in [1.54, 1.807) is 30.7 Å². The second-order valence-corrected chi connectivity index (χ2v) is 20.6. The van der Waals surface area contributed by atoms with E-state index in [0.717, 1.165) is 62.6 Å². The lowest BCUT2D eigenvalue weighted by molar-refractivity contribution is -0.232. The van der Waals surface area contributed by atoms with Crippen molar-refractivity contribution in [1.82, 2.24) is 14.3 Å². The number of fused-ring (bicyclic) bond motifs is 7. The highest BCUT2D eigenvalue weighted by molar-refractivity contribution is 6.02. The number of hydrogen-bond acceptors (Lipinski definition) is 7. The molecular weight excluding hydrogens is 705 g/mol. The second kappa shape index (κ2) is 13.0. The fourth-order valence-electron chi connectivity index (χ4n) is 14.0. The number of aliphatic carboxylic acids is 1. The number of nitriles is 1. The number of carbonyl (C=O) groups is 3. The lowest BCUT2D eigenvalue weighted by atomic mass is 9.33. The normalized spacial score (nSPS) is 34.9. The minimum absolute atomic E-state index is 0.00156. The van der Waals surface area contributed by atoms with Crippen LogP contribution in [0, 0.1) is 69.0 Å². The van der Waals surface area contributed by atoms with Crippen LogP contribution < -0.4 is 5.56 Å². The summed E-state index contributed by atoms with van der Waals surface area (Å²) in [6.07, 6.45) is 8.97. The van der Waals surface area contributed by atoms with Crippen molar-refractivity contribution in [3.05, 3.63) is 56.7 Å². The van der Waals surface area contributed by atoms with Crippen molar-refractivity contribution in [2.24, 2.45) is 57.8 Å². The summed E-state index contributed by atoms with van der Waals surface area (Å²) in [4.78, 5) is 58.0. The molecule has 0 aliphatic heterocycles. The first-order chi connectivity index (χ1) is 26.0. The number of aromatic nitrogens is 3. The number of Topliss-reactive ketones (excluding diaryl/α,β-unsaturated/α-hetero) is 1. The van der Waals surface area contributed by atoms with Crippen LogP contribution in [0.15, 0.2) is 34.3 Å². The van der Waals surface area contributed by atoms with E-state index >= 15 is 0 Å². The molecule has 4 saturated carbocycles. The molecule has 0 saturated heterocycles. The Morgan fingerprint density at radius 2 is 1.70 bits per heavy atom. The molecule has 2 heterocycles. The zero-order valence-corrected chi connectivity index (χ0v) is 35.5. The van der Waals surface area contributed by atoms with Gasteiger partial charge in [0.25, 0.3) is 5.56 Å². The quantitative estimate of drug-likeness (QED) is 0.277.